The normalized spacial score (nSPS) is 12.8. The third-order valence-electron chi connectivity index (χ3n) is 3.77. The molecule has 0 bridgehead atoms. The molecule has 1 radical (unpaired) electrons. The maximum atomic E-state index is 11.0. The minimum Gasteiger partial charge on any atom is -0.291 e. The van der Waals surface area contributed by atoms with Gasteiger partial charge in [-0.15, -0.1) is 0 Å². The molecule has 7 heteroatoms. The van der Waals surface area contributed by atoms with E-state index in [0.717, 1.165) is 38.5 Å². The van der Waals surface area contributed by atoms with Gasteiger partial charge >= 0.3 is 0 Å². The van der Waals surface area contributed by atoms with Gasteiger partial charge in [-0.2, -0.15) is 0 Å². The van der Waals surface area contributed by atoms with E-state index >= 15 is 0 Å². The van der Waals surface area contributed by atoms with Crippen LogP contribution < -0.4 is 0 Å². The average molecular weight is 377 g/mol. The lowest BCUT2D eigenvalue weighted by molar-refractivity contribution is -0.450. The second-order valence-corrected chi connectivity index (χ2v) is 6.00. The maximum Gasteiger partial charge on any atom is 0.253 e. The summed E-state index contributed by atoms with van der Waals surface area (Å²) in [6.45, 7) is 1.75. The third kappa shape index (κ3) is 14.3. The zero-order valence-electron chi connectivity index (χ0n) is 16.0. The molecule has 0 heterocycles. The largest absolute Gasteiger partial charge is 0.291 e. The molecule has 0 aromatic carbocycles. The quantitative estimate of drug-likeness (QED) is 0.154. The van der Waals surface area contributed by atoms with Crippen LogP contribution in [0.1, 0.15) is 71.1 Å². The van der Waals surface area contributed by atoms with Crippen molar-refractivity contribution in [3.05, 3.63) is 68.1 Å². The Morgan fingerprint density at radius 1 is 0.852 bits per heavy atom. The van der Waals surface area contributed by atoms with Crippen molar-refractivity contribution in [3.63, 3.8) is 0 Å². The zero-order valence-corrected chi connectivity index (χ0v) is 16.0. The number of rotatable bonds is 16. The Labute approximate surface area is 160 Å². The maximum absolute atomic E-state index is 11.0. The molecule has 0 aliphatic rings. The molecule has 0 spiro atoms. The van der Waals surface area contributed by atoms with Crippen molar-refractivity contribution in [3.8, 4) is 0 Å². The molecule has 0 aliphatic carbocycles. The first-order chi connectivity index (χ1) is 13.0. The predicted molar refractivity (Wildman–Crippen MR) is 106 cm³/mol. The Kier molecular flexibility index (Phi) is 15.3. The van der Waals surface area contributed by atoms with Crippen LogP contribution in [0, 0.1) is 20.2 Å². The lowest BCUT2D eigenvalue weighted by Crippen LogP contribution is -2.06. The summed E-state index contributed by atoms with van der Waals surface area (Å²) in [5.74, 6) is 0. The first-order valence-electron chi connectivity index (χ1n) is 9.34. The molecule has 0 N–H and O–H groups in total. The zero-order chi connectivity index (χ0) is 20.3. The highest BCUT2D eigenvalue weighted by atomic mass is 16.6. The molecule has 0 atom stereocenters. The molecule has 0 amide bonds. The standard InChI is InChI=1S/C20H29N2O5/c1-2-15-19(21(24)25)18-20(22(26)27)16-13-11-9-7-5-3-4-6-8-10-12-14-17-23/h3,5,9,11,15-16H,2,4,6-8,10,12-14,18H2,1H3/b5-3+,11-9+,19-15-,20-16-. The summed E-state index contributed by atoms with van der Waals surface area (Å²) in [5.41, 5.74) is -0.296. The fourth-order valence-electron chi connectivity index (χ4n) is 2.35. The van der Waals surface area contributed by atoms with Gasteiger partial charge in [-0.1, -0.05) is 44.1 Å². The second-order valence-electron chi connectivity index (χ2n) is 6.00. The van der Waals surface area contributed by atoms with E-state index in [-0.39, 0.29) is 17.8 Å². The average Bonchev–Trinajstić information content (AvgIpc) is 2.63. The van der Waals surface area contributed by atoms with E-state index in [1.807, 2.05) is 24.5 Å². The van der Waals surface area contributed by atoms with Crippen molar-refractivity contribution in [1.82, 2.24) is 0 Å². The summed E-state index contributed by atoms with van der Waals surface area (Å²) >= 11 is 0. The van der Waals surface area contributed by atoms with E-state index in [9.17, 15) is 25.0 Å². The molecule has 0 aromatic heterocycles. The van der Waals surface area contributed by atoms with Crippen LogP contribution in [0.5, 0.6) is 0 Å². The monoisotopic (exact) mass is 377 g/mol. The van der Waals surface area contributed by atoms with Gasteiger partial charge in [0.2, 0.25) is 0 Å². The molecular weight excluding hydrogens is 348 g/mol. The molecular formula is C20H29N2O5. The highest BCUT2D eigenvalue weighted by molar-refractivity contribution is 5.50. The molecule has 0 fully saturated rings. The Balaban J connectivity index is 4.18. The number of hydrogen-bond acceptors (Lipinski definition) is 5. The Bertz CT molecular complexity index is 577. The smallest absolute Gasteiger partial charge is 0.253 e. The fourth-order valence-corrected chi connectivity index (χ4v) is 2.35. The highest BCUT2D eigenvalue weighted by Crippen LogP contribution is 2.14. The Morgan fingerprint density at radius 2 is 1.44 bits per heavy atom. The second kappa shape index (κ2) is 16.9. The Morgan fingerprint density at radius 3 is 2.07 bits per heavy atom. The van der Waals surface area contributed by atoms with Gasteiger partial charge in [0.25, 0.3) is 11.4 Å². The number of nitro groups is 2. The lowest BCUT2D eigenvalue weighted by Gasteiger charge is -1.97. The van der Waals surface area contributed by atoms with E-state index in [4.69, 9.17) is 0 Å². The van der Waals surface area contributed by atoms with Crippen molar-refractivity contribution in [2.24, 2.45) is 0 Å². The molecule has 7 nitrogen and oxygen atoms in total. The SMILES string of the molecule is CC/C=C(/C/C(=C/C/C=C/C/C=C/CCCCCC[C]=O)[N+](=O)[O-])[N+](=O)[O-]. The van der Waals surface area contributed by atoms with Gasteiger partial charge in [0.05, 0.1) is 9.85 Å². The van der Waals surface area contributed by atoms with E-state index in [2.05, 4.69) is 6.08 Å². The molecule has 0 aromatic rings. The fraction of sp³-hybridized carbons (Fsp3) is 0.550. The van der Waals surface area contributed by atoms with Gasteiger partial charge < -0.3 is 0 Å². The Hall–Kier alpha value is -2.57. The molecule has 0 rings (SSSR count). The van der Waals surface area contributed by atoms with Crippen molar-refractivity contribution >= 4 is 6.29 Å². The van der Waals surface area contributed by atoms with Crippen LogP contribution in [0.3, 0.4) is 0 Å². The first-order valence-corrected chi connectivity index (χ1v) is 9.34. The summed E-state index contributed by atoms with van der Waals surface area (Å²) < 4.78 is 0. The third-order valence-corrected chi connectivity index (χ3v) is 3.77. The van der Waals surface area contributed by atoms with Crippen LogP contribution in [0.2, 0.25) is 0 Å². The highest BCUT2D eigenvalue weighted by Gasteiger charge is 2.20. The summed E-state index contributed by atoms with van der Waals surface area (Å²) in [4.78, 5) is 30.9. The van der Waals surface area contributed by atoms with Crippen molar-refractivity contribution in [1.29, 1.82) is 0 Å². The molecule has 149 valence electrons. The summed E-state index contributed by atoms with van der Waals surface area (Å²) in [7, 11) is 0. The first kappa shape index (κ1) is 24.4. The van der Waals surface area contributed by atoms with Crippen LogP contribution in [-0.2, 0) is 4.79 Å². The number of nitrogens with zero attached hydrogens (tertiary/aromatic N) is 2. The van der Waals surface area contributed by atoms with Crippen LogP contribution in [0.4, 0.5) is 0 Å². The molecule has 0 saturated heterocycles. The van der Waals surface area contributed by atoms with Gasteiger partial charge in [0, 0.05) is 6.42 Å². The van der Waals surface area contributed by atoms with E-state index in [1.54, 1.807) is 6.92 Å². The summed E-state index contributed by atoms with van der Waals surface area (Å²) in [6, 6.07) is 0. The lowest BCUT2D eigenvalue weighted by atomic mass is 10.1. The van der Waals surface area contributed by atoms with Crippen molar-refractivity contribution < 1.29 is 14.6 Å². The predicted octanol–water partition coefficient (Wildman–Crippen LogP) is 5.45. The number of hydrogen-bond donors (Lipinski definition) is 0. The van der Waals surface area contributed by atoms with Crippen LogP contribution in [0.15, 0.2) is 47.9 Å². The van der Waals surface area contributed by atoms with Crippen LogP contribution in [0.25, 0.3) is 0 Å². The van der Waals surface area contributed by atoms with Gasteiger partial charge in [-0.25, -0.2) is 0 Å². The molecule has 0 aliphatic heterocycles. The number of allylic oxidation sites excluding steroid dienone is 6. The number of unbranched alkanes of at least 4 members (excludes halogenated alkanes) is 5. The van der Waals surface area contributed by atoms with Crippen LogP contribution >= 0.6 is 0 Å². The topological polar surface area (TPSA) is 103 Å². The van der Waals surface area contributed by atoms with E-state index < -0.39 is 9.85 Å². The van der Waals surface area contributed by atoms with Gasteiger partial charge in [-0.3, -0.25) is 25.0 Å². The number of carbonyl (C=O) groups excluding carboxylic acids is 1. The minimum absolute atomic E-state index is 0.142. The van der Waals surface area contributed by atoms with Crippen molar-refractivity contribution in [2.45, 2.75) is 71.1 Å². The van der Waals surface area contributed by atoms with Gasteiger partial charge in [0.15, 0.2) is 6.29 Å². The van der Waals surface area contributed by atoms with Gasteiger partial charge in [-0.05, 0) is 50.7 Å². The van der Waals surface area contributed by atoms with Gasteiger partial charge in [0.1, 0.15) is 6.42 Å². The van der Waals surface area contributed by atoms with E-state index in [0.29, 0.717) is 19.3 Å². The van der Waals surface area contributed by atoms with Crippen molar-refractivity contribution in [2.75, 3.05) is 0 Å². The minimum atomic E-state index is -0.567. The summed E-state index contributed by atoms with van der Waals surface area (Å²) in [5, 5.41) is 21.9. The summed E-state index contributed by atoms with van der Waals surface area (Å²) in [6.07, 6.45) is 19.6. The molecule has 0 unspecified atom stereocenters. The van der Waals surface area contributed by atoms with Crippen LogP contribution in [-0.4, -0.2) is 16.1 Å². The molecule has 27 heavy (non-hydrogen) atoms. The molecule has 0 saturated carbocycles. The van der Waals surface area contributed by atoms with E-state index in [1.165, 1.54) is 12.2 Å².